The largest absolute Gasteiger partial charge is 0.350 e. The van der Waals surface area contributed by atoms with Crippen molar-refractivity contribution in [3.63, 3.8) is 0 Å². The number of aromatic nitrogens is 3. The number of rotatable bonds is 4. The fourth-order valence-electron chi connectivity index (χ4n) is 3.51. The molecule has 0 aromatic carbocycles. The van der Waals surface area contributed by atoms with E-state index < -0.39 is 0 Å². The van der Waals surface area contributed by atoms with Gasteiger partial charge in [-0.05, 0) is 31.9 Å². The van der Waals surface area contributed by atoms with Crippen LogP contribution >= 0.6 is 11.8 Å². The molecular formula is C18H24N6OS. The second kappa shape index (κ2) is 7.67. The fraction of sp³-hybridized carbons (Fsp3) is 0.500. The molecule has 0 aliphatic carbocycles. The fourth-order valence-corrected chi connectivity index (χ4v) is 4.42. The van der Waals surface area contributed by atoms with Crippen molar-refractivity contribution >= 4 is 34.5 Å². The number of amides is 1. The van der Waals surface area contributed by atoms with Gasteiger partial charge < -0.3 is 20.5 Å². The van der Waals surface area contributed by atoms with E-state index in [2.05, 4.69) is 30.5 Å². The molecule has 7 nitrogen and oxygen atoms in total. The number of carbonyl (C=O) groups is 1. The van der Waals surface area contributed by atoms with Gasteiger partial charge in [0.2, 0.25) is 0 Å². The lowest BCUT2D eigenvalue weighted by Crippen LogP contribution is -2.44. The average Bonchev–Trinajstić information content (AvgIpc) is 3.08. The van der Waals surface area contributed by atoms with Gasteiger partial charge in [-0.1, -0.05) is 6.42 Å². The van der Waals surface area contributed by atoms with Crippen LogP contribution in [0, 0.1) is 6.92 Å². The maximum atomic E-state index is 12.6. The molecule has 4 rings (SSSR count). The molecule has 1 atom stereocenters. The van der Waals surface area contributed by atoms with Gasteiger partial charge in [0.25, 0.3) is 5.91 Å². The molecule has 2 aliphatic rings. The third-order valence-electron chi connectivity index (χ3n) is 4.93. The lowest BCUT2D eigenvalue weighted by atomic mass is 10.1. The number of fused-ring (bicyclic) bond motifs is 1. The number of aryl methyl sites for hydroxylation is 1. The van der Waals surface area contributed by atoms with E-state index in [-0.39, 0.29) is 5.91 Å². The zero-order valence-corrected chi connectivity index (χ0v) is 15.7. The third-order valence-corrected chi connectivity index (χ3v) is 5.92. The molecule has 138 valence electrons. The van der Waals surface area contributed by atoms with Crippen LogP contribution in [0.4, 0.5) is 5.82 Å². The number of nitrogens with zero attached hydrogens (tertiary/aromatic N) is 3. The Balaban J connectivity index is 1.49. The van der Waals surface area contributed by atoms with Crippen molar-refractivity contribution < 1.29 is 4.79 Å². The molecule has 3 N–H and O–H groups in total. The summed E-state index contributed by atoms with van der Waals surface area (Å²) in [4.78, 5) is 27.3. The van der Waals surface area contributed by atoms with Gasteiger partial charge in [-0.25, -0.2) is 9.97 Å². The van der Waals surface area contributed by atoms with Gasteiger partial charge in [-0.2, -0.15) is 0 Å². The van der Waals surface area contributed by atoms with E-state index in [4.69, 9.17) is 0 Å². The van der Waals surface area contributed by atoms with E-state index in [9.17, 15) is 4.79 Å². The number of thioether (sulfide) groups is 1. The quantitative estimate of drug-likeness (QED) is 0.760. The van der Waals surface area contributed by atoms with Crippen molar-refractivity contribution in [2.75, 3.05) is 30.3 Å². The first kappa shape index (κ1) is 17.4. The van der Waals surface area contributed by atoms with E-state index in [0.29, 0.717) is 12.6 Å². The van der Waals surface area contributed by atoms with Crippen LogP contribution in [0.1, 0.15) is 24.8 Å². The Labute approximate surface area is 157 Å². The van der Waals surface area contributed by atoms with Gasteiger partial charge in [0.15, 0.2) is 0 Å². The highest BCUT2D eigenvalue weighted by Gasteiger charge is 2.22. The van der Waals surface area contributed by atoms with Crippen LogP contribution in [0.2, 0.25) is 0 Å². The van der Waals surface area contributed by atoms with E-state index in [0.717, 1.165) is 52.6 Å². The second-order valence-electron chi connectivity index (χ2n) is 6.78. The smallest absolute Gasteiger partial charge is 0.259 e. The molecule has 0 bridgehead atoms. The topological polar surface area (TPSA) is 85.9 Å². The van der Waals surface area contributed by atoms with E-state index in [1.54, 1.807) is 18.1 Å². The number of hydrogen-bond acceptors (Lipinski definition) is 6. The van der Waals surface area contributed by atoms with Gasteiger partial charge in [-0.3, -0.25) is 4.79 Å². The molecule has 8 heteroatoms. The molecule has 26 heavy (non-hydrogen) atoms. The van der Waals surface area contributed by atoms with Crippen molar-refractivity contribution in [3.8, 4) is 0 Å². The molecule has 2 aromatic heterocycles. The van der Waals surface area contributed by atoms with Crippen molar-refractivity contribution in [1.29, 1.82) is 0 Å². The van der Waals surface area contributed by atoms with E-state index in [1.807, 2.05) is 19.3 Å². The number of hydrogen-bond donors (Lipinski definition) is 3. The zero-order chi connectivity index (χ0) is 17.9. The molecule has 0 spiro atoms. The highest BCUT2D eigenvalue weighted by molar-refractivity contribution is 8.04. The minimum Gasteiger partial charge on any atom is -0.350 e. The normalized spacial score (nSPS) is 20.9. The van der Waals surface area contributed by atoms with Gasteiger partial charge in [0.05, 0.1) is 10.3 Å². The third kappa shape index (κ3) is 3.57. The van der Waals surface area contributed by atoms with Crippen LogP contribution in [-0.2, 0) is 4.79 Å². The van der Waals surface area contributed by atoms with Gasteiger partial charge in [-0.15, -0.1) is 11.8 Å². The number of aromatic amines is 1. The number of anilines is 1. The van der Waals surface area contributed by atoms with Gasteiger partial charge in [0.1, 0.15) is 17.8 Å². The van der Waals surface area contributed by atoms with Crippen molar-refractivity contribution in [2.45, 2.75) is 32.2 Å². The molecule has 1 amide bonds. The molecule has 0 unspecified atom stereocenters. The first-order valence-corrected chi connectivity index (χ1v) is 10.1. The van der Waals surface area contributed by atoms with Crippen molar-refractivity contribution in [1.82, 2.24) is 25.6 Å². The minimum absolute atomic E-state index is 0.00293. The summed E-state index contributed by atoms with van der Waals surface area (Å²) >= 11 is 1.60. The van der Waals surface area contributed by atoms with E-state index >= 15 is 0 Å². The predicted octanol–water partition coefficient (Wildman–Crippen LogP) is 1.92. The lowest BCUT2D eigenvalue weighted by Gasteiger charge is -2.27. The average molecular weight is 372 g/mol. The number of piperidine rings is 1. The summed E-state index contributed by atoms with van der Waals surface area (Å²) in [6, 6.07) is 0.391. The van der Waals surface area contributed by atoms with Crippen LogP contribution in [0.5, 0.6) is 0 Å². The van der Waals surface area contributed by atoms with Crippen LogP contribution in [0.25, 0.3) is 11.0 Å². The minimum atomic E-state index is 0.00293. The monoisotopic (exact) mass is 372 g/mol. The Kier molecular flexibility index (Phi) is 5.12. The Bertz CT molecular complexity index is 826. The maximum absolute atomic E-state index is 12.6. The number of H-pyrrole nitrogens is 1. The molecule has 0 radical (unpaired) electrons. The first-order chi connectivity index (χ1) is 12.7. The second-order valence-corrected chi connectivity index (χ2v) is 7.92. The molecule has 2 aliphatic heterocycles. The first-order valence-electron chi connectivity index (χ1n) is 9.14. The Morgan fingerprint density at radius 3 is 3.19 bits per heavy atom. The summed E-state index contributed by atoms with van der Waals surface area (Å²) in [5, 5.41) is 7.56. The van der Waals surface area contributed by atoms with Crippen LogP contribution in [0.3, 0.4) is 0 Å². The number of carbonyl (C=O) groups excluding carboxylic acids is 1. The maximum Gasteiger partial charge on any atom is 0.259 e. The summed E-state index contributed by atoms with van der Waals surface area (Å²) in [6.45, 7) is 4.60. The SMILES string of the molecule is Cc1c[nH]c2ncnc(N3C=C(C(=O)NC[C@@H]4CCCCN4)SCC3)c12. The summed E-state index contributed by atoms with van der Waals surface area (Å²) in [5.41, 5.74) is 1.94. The number of nitrogens with one attached hydrogen (secondary N) is 3. The molecule has 0 saturated carbocycles. The summed E-state index contributed by atoms with van der Waals surface area (Å²) < 4.78 is 0. The highest BCUT2D eigenvalue weighted by atomic mass is 32.2. The predicted molar refractivity (Wildman–Crippen MR) is 105 cm³/mol. The van der Waals surface area contributed by atoms with Crippen LogP contribution in [0.15, 0.2) is 23.6 Å². The highest BCUT2D eigenvalue weighted by Crippen LogP contribution is 2.30. The van der Waals surface area contributed by atoms with Gasteiger partial charge in [0, 0.05) is 37.3 Å². The lowest BCUT2D eigenvalue weighted by molar-refractivity contribution is -0.116. The molecule has 2 aromatic rings. The van der Waals surface area contributed by atoms with Crippen molar-refractivity contribution in [3.05, 3.63) is 29.2 Å². The standard InChI is InChI=1S/C18H24N6OS/c1-12-8-20-16-15(12)17(23-11-22-16)24-6-7-26-14(10-24)18(25)21-9-13-4-2-3-5-19-13/h8,10-11,13,19H,2-7,9H2,1H3,(H,21,25)(H,20,22,23)/t13-/m0/s1. The zero-order valence-electron chi connectivity index (χ0n) is 14.9. The Morgan fingerprint density at radius 1 is 1.42 bits per heavy atom. The van der Waals surface area contributed by atoms with Gasteiger partial charge >= 0.3 is 0 Å². The molecule has 4 heterocycles. The Hall–Kier alpha value is -2.06. The molecule has 1 fully saturated rings. The van der Waals surface area contributed by atoms with Crippen LogP contribution in [-0.4, -0.2) is 52.3 Å². The van der Waals surface area contributed by atoms with Crippen LogP contribution < -0.4 is 15.5 Å². The Morgan fingerprint density at radius 2 is 2.35 bits per heavy atom. The summed E-state index contributed by atoms with van der Waals surface area (Å²) in [5.74, 6) is 1.71. The van der Waals surface area contributed by atoms with E-state index in [1.165, 1.54) is 12.8 Å². The molecular weight excluding hydrogens is 348 g/mol. The molecule has 1 saturated heterocycles. The summed E-state index contributed by atoms with van der Waals surface area (Å²) in [6.07, 6.45) is 9.02. The summed E-state index contributed by atoms with van der Waals surface area (Å²) in [7, 11) is 0. The van der Waals surface area contributed by atoms with Crippen molar-refractivity contribution in [2.24, 2.45) is 0 Å².